The van der Waals surface area contributed by atoms with Gasteiger partial charge in [-0.05, 0) is 42.5 Å². The second-order valence-corrected chi connectivity index (χ2v) is 9.96. The van der Waals surface area contributed by atoms with Crippen molar-refractivity contribution in [3.05, 3.63) is 58.1 Å². The van der Waals surface area contributed by atoms with Crippen molar-refractivity contribution in [1.29, 1.82) is 0 Å². The Bertz CT molecular complexity index is 1150. The number of aromatic nitrogens is 1. The minimum absolute atomic E-state index is 0.00785. The molecule has 3 heterocycles. The van der Waals surface area contributed by atoms with Gasteiger partial charge in [0.1, 0.15) is 17.2 Å². The topological polar surface area (TPSA) is 108 Å². The molecule has 4 rings (SSSR count). The number of sulfonamides is 1. The van der Waals surface area contributed by atoms with Gasteiger partial charge in [0.2, 0.25) is 10.0 Å². The minimum Gasteiger partial charge on any atom is -0.455 e. The first kappa shape index (κ1) is 22.0. The Kier molecular flexibility index (Phi) is 6.73. The first-order chi connectivity index (χ1) is 14.9. The molecule has 1 aliphatic heterocycles. The molecule has 1 fully saturated rings. The van der Waals surface area contributed by atoms with E-state index >= 15 is 0 Å². The van der Waals surface area contributed by atoms with E-state index in [1.807, 2.05) is 17.5 Å². The lowest BCUT2D eigenvalue weighted by Gasteiger charge is -2.13. The summed E-state index contributed by atoms with van der Waals surface area (Å²) in [7, 11) is -3.92. The Hall–Kier alpha value is -2.24. The molecule has 164 valence electrons. The van der Waals surface area contributed by atoms with Crippen LogP contribution in [0.15, 0.2) is 51.2 Å². The molecule has 0 bridgehead atoms. The molecule has 0 aliphatic carbocycles. The van der Waals surface area contributed by atoms with E-state index < -0.39 is 16.0 Å². The Balaban J connectivity index is 1.41. The molecule has 1 saturated heterocycles. The van der Waals surface area contributed by atoms with Crippen molar-refractivity contribution in [3.63, 3.8) is 0 Å². The number of carbonyl (C=O) groups is 1. The highest BCUT2D eigenvalue weighted by atomic mass is 35.5. The lowest BCUT2D eigenvalue weighted by molar-refractivity contribution is 0.0464. The van der Waals surface area contributed by atoms with E-state index in [0.717, 1.165) is 17.7 Å². The summed E-state index contributed by atoms with van der Waals surface area (Å²) in [6, 6.07) is 9.43. The predicted molar refractivity (Wildman–Crippen MR) is 115 cm³/mol. The quantitative estimate of drug-likeness (QED) is 0.485. The van der Waals surface area contributed by atoms with Crippen molar-refractivity contribution in [2.45, 2.75) is 30.4 Å². The first-order valence-corrected chi connectivity index (χ1v) is 12.2. The third kappa shape index (κ3) is 5.34. The van der Waals surface area contributed by atoms with Gasteiger partial charge < -0.3 is 14.0 Å². The van der Waals surface area contributed by atoms with E-state index in [1.165, 1.54) is 29.5 Å². The van der Waals surface area contributed by atoms with Crippen LogP contribution in [0, 0.1) is 0 Å². The second kappa shape index (κ2) is 9.49. The molecule has 2 aromatic heterocycles. The molecule has 0 amide bonds. The van der Waals surface area contributed by atoms with Gasteiger partial charge in [0, 0.05) is 19.2 Å². The van der Waals surface area contributed by atoms with Gasteiger partial charge >= 0.3 is 5.97 Å². The fourth-order valence-electron chi connectivity index (χ4n) is 3.06. The maximum absolute atomic E-state index is 12.7. The van der Waals surface area contributed by atoms with Gasteiger partial charge in [-0.15, -0.1) is 11.3 Å². The number of hydrogen-bond donors (Lipinski definition) is 1. The third-order valence-corrected chi connectivity index (χ3v) is 7.45. The highest BCUT2D eigenvalue weighted by Crippen LogP contribution is 2.26. The van der Waals surface area contributed by atoms with Crippen molar-refractivity contribution in [2.75, 3.05) is 13.2 Å². The lowest BCUT2D eigenvalue weighted by atomic mass is 10.2. The molecule has 3 aromatic rings. The van der Waals surface area contributed by atoms with Gasteiger partial charge in [-0.2, -0.15) is 0 Å². The second-order valence-electron chi connectivity index (χ2n) is 6.87. The Morgan fingerprint density at radius 3 is 2.94 bits per heavy atom. The van der Waals surface area contributed by atoms with Gasteiger partial charge in [0.25, 0.3) is 0 Å². The summed E-state index contributed by atoms with van der Waals surface area (Å²) in [5.74, 6) is -0.119. The summed E-state index contributed by atoms with van der Waals surface area (Å²) in [6.45, 7) is 0.649. The molecule has 0 saturated carbocycles. The summed E-state index contributed by atoms with van der Waals surface area (Å²) in [5, 5.41) is 5.81. The van der Waals surface area contributed by atoms with E-state index in [-0.39, 0.29) is 34.7 Å². The minimum atomic E-state index is -3.92. The number of rotatable bonds is 8. The normalized spacial score (nSPS) is 16.5. The zero-order valence-corrected chi connectivity index (χ0v) is 18.6. The summed E-state index contributed by atoms with van der Waals surface area (Å²) in [6.07, 6.45) is 1.52. The molecular weight excluding hydrogens is 464 g/mol. The SMILES string of the molecule is O=C(OCc1cc(-c2cccs2)on1)c1ccc(Cl)c(S(=O)(=O)NCC2CCCO2)c1. The van der Waals surface area contributed by atoms with E-state index in [9.17, 15) is 13.2 Å². The molecule has 1 atom stereocenters. The van der Waals surface area contributed by atoms with E-state index in [0.29, 0.717) is 18.1 Å². The molecule has 11 heteroatoms. The molecule has 0 radical (unpaired) electrons. The van der Waals surface area contributed by atoms with Crippen LogP contribution in [0.3, 0.4) is 0 Å². The first-order valence-electron chi connectivity index (χ1n) is 9.50. The van der Waals surface area contributed by atoms with Crippen LogP contribution in [-0.2, 0) is 26.1 Å². The van der Waals surface area contributed by atoms with E-state index in [1.54, 1.807) is 6.07 Å². The number of halogens is 1. The summed E-state index contributed by atoms with van der Waals surface area (Å²) < 4.78 is 43.7. The van der Waals surface area contributed by atoms with Crippen molar-refractivity contribution in [2.24, 2.45) is 0 Å². The van der Waals surface area contributed by atoms with Crippen LogP contribution in [-0.4, -0.2) is 38.8 Å². The summed E-state index contributed by atoms with van der Waals surface area (Å²) >= 11 is 7.58. The van der Waals surface area contributed by atoms with Gasteiger partial charge in [-0.3, -0.25) is 0 Å². The zero-order valence-electron chi connectivity index (χ0n) is 16.2. The smallest absolute Gasteiger partial charge is 0.338 e. The number of hydrogen-bond acceptors (Lipinski definition) is 8. The summed E-state index contributed by atoms with van der Waals surface area (Å²) in [5.41, 5.74) is 0.501. The number of carbonyl (C=O) groups excluding carboxylic acids is 1. The van der Waals surface area contributed by atoms with E-state index in [4.69, 9.17) is 25.6 Å². The molecule has 1 aromatic carbocycles. The predicted octanol–water partition coefficient (Wildman–Crippen LogP) is 3.87. The maximum Gasteiger partial charge on any atom is 0.338 e. The number of nitrogens with zero attached hydrogens (tertiary/aromatic N) is 1. The van der Waals surface area contributed by atoms with Gasteiger partial charge in [-0.1, -0.05) is 22.8 Å². The monoisotopic (exact) mass is 482 g/mol. The Labute approximate surface area is 188 Å². The fourth-order valence-corrected chi connectivity index (χ4v) is 5.32. The van der Waals surface area contributed by atoms with Crippen LogP contribution in [0.2, 0.25) is 5.02 Å². The Morgan fingerprint density at radius 2 is 2.19 bits per heavy atom. The van der Waals surface area contributed by atoms with Crippen molar-refractivity contribution < 1.29 is 27.2 Å². The van der Waals surface area contributed by atoms with Crippen LogP contribution < -0.4 is 4.72 Å². The Morgan fingerprint density at radius 1 is 1.32 bits per heavy atom. The van der Waals surface area contributed by atoms with Crippen molar-refractivity contribution >= 4 is 38.9 Å². The number of esters is 1. The van der Waals surface area contributed by atoms with Crippen LogP contribution >= 0.6 is 22.9 Å². The van der Waals surface area contributed by atoms with Crippen LogP contribution in [0.25, 0.3) is 10.6 Å². The number of benzene rings is 1. The van der Waals surface area contributed by atoms with Crippen LogP contribution in [0.4, 0.5) is 0 Å². The van der Waals surface area contributed by atoms with Crippen LogP contribution in [0.5, 0.6) is 0 Å². The highest BCUT2D eigenvalue weighted by Gasteiger charge is 2.24. The maximum atomic E-state index is 12.7. The highest BCUT2D eigenvalue weighted by molar-refractivity contribution is 7.89. The van der Waals surface area contributed by atoms with Gasteiger partial charge in [0.15, 0.2) is 5.76 Å². The van der Waals surface area contributed by atoms with Crippen molar-refractivity contribution in [1.82, 2.24) is 9.88 Å². The van der Waals surface area contributed by atoms with E-state index in [2.05, 4.69) is 9.88 Å². The van der Waals surface area contributed by atoms with Crippen molar-refractivity contribution in [3.8, 4) is 10.6 Å². The van der Waals surface area contributed by atoms with Gasteiger partial charge in [-0.25, -0.2) is 17.9 Å². The zero-order chi connectivity index (χ0) is 21.8. The average Bonchev–Trinajstić information content (AvgIpc) is 3.53. The summed E-state index contributed by atoms with van der Waals surface area (Å²) in [4.78, 5) is 13.2. The lowest BCUT2D eigenvalue weighted by Crippen LogP contribution is -2.32. The fraction of sp³-hybridized carbons (Fsp3) is 0.300. The molecule has 8 nitrogen and oxygen atoms in total. The standard InChI is InChI=1S/C20H19ClN2O6S2/c21-16-6-5-13(9-19(16)31(25,26)22-11-15-3-1-7-27-15)20(24)28-12-14-10-17(29-23-14)18-4-2-8-30-18/h2,4-6,8-10,15,22H,1,3,7,11-12H2. The largest absolute Gasteiger partial charge is 0.455 e. The molecule has 0 spiro atoms. The molecule has 1 unspecified atom stereocenters. The average molecular weight is 483 g/mol. The number of nitrogens with one attached hydrogen (secondary N) is 1. The van der Waals surface area contributed by atoms with Gasteiger partial charge in [0.05, 0.1) is 21.6 Å². The number of ether oxygens (including phenoxy) is 2. The molecule has 31 heavy (non-hydrogen) atoms. The van der Waals surface area contributed by atoms with Crippen LogP contribution in [0.1, 0.15) is 28.9 Å². The number of thiophene rings is 1. The third-order valence-electron chi connectivity index (χ3n) is 4.66. The molecule has 1 aliphatic rings. The molecule has 1 N–H and O–H groups in total. The molecular formula is C20H19ClN2O6S2.